The van der Waals surface area contributed by atoms with E-state index in [1.807, 2.05) is 0 Å². The van der Waals surface area contributed by atoms with Gasteiger partial charge in [-0.15, -0.1) is 0 Å². The van der Waals surface area contributed by atoms with E-state index in [1.54, 1.807) is 6.07 Å². The summed E-state index contributed by atoms with van der Waals surface area (Å²) in [6.07, 6.45) is 0. The number of anilines is 1. The molecule has 0 spiro atoms. The first-order chi connectivity index (χ1) is 10.0. The number of carboxylic acids is 1. The Kier molecular flexibility index (Phi) is 4.05. The third kappa shape index (κ3) is 2.92. The molecule has 0 aliphatic rings. The molecule has 0 aliphatic heterocycles. The van der Waals surface area contributed by atoms with Gasteiger partial charge < -0.3 is 15.6 Å². The molecule has 0 radical (unpaired) electrons. The summed E-state index contributed by atoms with van der Waals surface area (Å²) in [6.45, 7) is -0.226. The lowest BCUT2D eigenvalue weighted by Gasteiger charge is -2.12. The third-order valence-corrected chi connectivity index (χ3v) is 2.85. The zero-order chi connectivity index (χ0) is 15.4. The Labute approximate surface area is 120 Å². The van der Waals surface area contributed by atoms with Gasteiger partial charge in [-0.3, -0.25) is 0 Å². The number of nitriles is 1. The SMILES string of the molecule is N#Cc1cccc(COc2c(N)cccc2C(=O)O)c1F. The van der Waals surface area contributed by atoms with E-state index in [-0.39, 0.29) is 34.7 Å². The monoisotopic (exact) mass is 286 g/mol. The average molecular weight is 286 g/mol. The second-order valence-corrected chi connectivity index (χ2v) is 4.21. The summed E-state index contributed by atoms with van der Waals surface area (Å²) in [5.41, 5.74) is 5.77. The number of ether oxygens (including phenoxy) is 1. The summed E-state index contributed by atoms with van der Waals surface area (Å²) < 4.78 is 19.2. The Balaban J connectivity index is 2.30. The maximum Gasteiger partial charge on any atom is 0.339 e. The summed E-state index contributed by atoms with van der Waals surface area (Å²) in [4.78, 5) is 11.1. The number of carboxylic acid groups (broad SMARTS) is 1. The molecule has 0 amide bonds. The van der Waals surface area contributed by atoms with Crippen LogP contribution in [0.1, 0.15) is 21.5 Å². The fourth-order valence-corrected chi connectivity index (χ4v) is 1.81. The zero-order valence-corrected chi connectivity index (χ0v) is 10.8. The number of hydrogen-bond donors (Lipinski definition) is 2. The molecule has 2 aromatic rings. The minimum atomic E-state index is -1.19. The van der Waals surface area contributed by atoms with Gasteiger partial charge in [0, 0.05) is 5.56 Å². The summed E-state index contributed by atoms with van der Waals surface area (Å²) in [5.74, 6) is -1.90. The maximum atomic E-state index is 13.9. The number of benzene rings is 2. The minimum Gasteiger partial charge on any atom is -0.486 e. The molecule has 2 aromatic carbocycles. The molecule has 0 bridgehead atoms. The molecule has 0 fully saturated rings. The Hall–Kier alpha value is -3.07. The molecule has 0 aliphatic carbocycles. The molecule has 3 N–H and O–H groups in total. The Bertz CT molecular complexity index is 738. The van der Waals surface area contributed by atoms with Crippen molar-refractivity contribution >= 4 is 11.7 Å². The zero-order valence-electron chi connectivity index (χ0n) is 10.8. The van der Waals surface area contributed by atoms with Crippen molar-refractivity contribution in [2.24, 2.45) is 0 Å². The van der Waals surface area contributed by atoms with Crippen LogP contribution in [0.4, 0.5) is 10.1 Å². The van der Waals surface area contributed by atoms with E-state index in [4.69, 9.17) is 20.8 Å². The second kappa shape index (κ2) is 5.92. The van der Waals surface area contributed by atoms with Crippen LogP contribution in [0, 0.1) is 17.1 Å². The van der Waals surface area contributed by atoms with E-state index < -0.39 is 11.8 Å². The lowest BCUT2D eigenvalue weighted by Crippen LogP contribution is -2.07. The van der Waals surface area contributed by atoms with E-state index in [9.17, 15) is 9.18 Å². The van der Waals surface area contributed by atoms with Gasteiger partial charge in [-0.2, -0.15) is 5.26 Å². The molecular formula is C15H11FN2O3. The maximum absolute atomic E-state index is 13.9. The quantitative estimate of drug-likeness (QED) is 0.842. The number of hydrogen-bond acceptors (Lipinski definition) is 4. The highest BCUT2D eigenvalue weighted by atomic mass is 19.1. The molecule has 0 unspecified atom stereocenters. The van der Waals surface area contributed by atoms with Crippen molar-refractivity contribution < 1.29 is 19.0 Å². The number of nitrogen functional groups attached to an aromatic ring is 1. The molecule has 106 valence electrons. The number of aromatic carboxylic acids is 1. The van der Waals surface area contributed by atoms with Gasteiger partial charge in [-0.1, -0.05) is 18.2 Å². The summed E-state index contributed by atoms with van der Waals surface area (Å²) in [7, 11) is 0. The van der Waals surface area contributed by atoms with Crippen LogP contribution in [0.2, 0.25) is 0 Å². The van der Waals surface area contributed by atoms with Gasteiger partial charge in [0.15, 0.2) is 5.75 Å². The van der Waals surface area contributed by atoms with Gasteiger partial charge >= 0.3 is 5.97 Å². The van der Waals surface area contributed by atoms with Crippen molar-refractivity contribution in [3.05, 3.63) is 58.9 Å². The standard InChI is InChI=1S/C15H11FN2O3/c16-13-9(7-17)3-1-4-10(13)8-21-14-11(15(19)20)5-2-6-12(14)18/h1-6H,8,18H2,(H,19,20). The van der Waals surface area contributed by atoms with Gasteiger partial charge in [0.25, 0.3) is 0 Å². The van der Waals surface area contributed by atoms with Gasteiger partial charge in [0.05, 0.1) is 11.3 Å². The van der Waals surface area contributed by atoms with Crippen molar-refractivity contribution in [3.8, 4) is 11.8 Å². The van der Waals surface area contributed by atoms with Crippen molar-refractivity contribution in [2.75, 3.05) is 5.73 Å². The van der Waals surface area contributed by atoms with Crippen molar-refractivity contribution in [3.63, 3.8) is 0 Å². The number of halogens is 1. The van der Waals surface area contributed by atoms with Crippen molar-refractivity contribution in [2.45, 2.75) is 6.61 Å². The van der Waals surface area contributed by atoms with E-state index in [0.717, 1.165) is 0 Å². The first-order valence-electron chi connectivity index (χ1n) is 5.96. The fourth-order valence-electron chi connectivity index (χ4n) is 1.81. The van der Waals surface area contributed by atoms with Gasteiger partial charge in [0.2, 0.25) is 0 Å². The van der Waals surface area contributed by atoms with Crippen LogP contribution in [0.3, 0.4) is 0 Å². The minimum absolute atomic E-state index is 0.0215. The molecule has 6 heteroatoms. The molecule has 5 nitrogen and oxygen atoms in total. The van der Waals surface area contributed by atoms with Crippen LogP contribution in [-0.2, 0) is 6.61 Å². The van der Waals surface area contributed by atoms with Gasteiger partial charge in [-0.05, 0) is 18.2 Å². The molecule has 2 rings (SSSR count). The fraction of sp³-hybridized carbons (Fsp3) is 0.0667. The Morgan fingerprint density at radius 1 is 1.33 bits per heavy atom. The van der Waals surface area contributed by atoms with E-state index in [1.165, 1.54) is 36.4 Å². The lowest BCUT2D eigenvalue weighted by molar-refractivity contribution is 0.0692. The first kappa shape index (κ1) is 14.3. The number of carbonyl (C=O) groups is 1. The van der Waals surface area contributed by atoms with Crippen LogP contribution in [0.5, 0.6) is 5.75 Å². The number of nitrogens with two attached hydrogens (primary N) is 1. The largest absolute Gasteiger partial charge is 0.486 e. The van der Waals surface area contributed by atoms with Crippen LogP contribution in [0.25, 0.3) is 0 Å². The normalized spacial score (nSPS) is 9.90. The van der Waals surface area contributed by atoms with Gasteiger partial charge in [-0.25, -0.2) is 9.18 Å². The van der Waals surface area contributed by atoms with Crippen LogP contribution in [0.15, 0.2) is 36.4 Å². The summed E-state index contributed by atoms with van der Waals surface area (Å²) >= 11 is 0. The van der Waals surface area contributed by atoms with Crippen LogP contribution >= 0.6 is 0 Å². The van der Waals surface area contributed by atoms with Gasteiger partial charge in [0.1, 0.15) is 24.1 Å². The Morgan fingerprint density at radius 2 is 2.05 bits per heavy atom. The molecular weight excluding hydrogens is 275 g/mol. The van der Waals surface area contributed by atoms with Crippen molar-refractivity contribution in [1.29, 1.82) is 5.26 Å². The number of para-hydroxylation sites is 1. The van der Waals surface area contributed by atoms with E-state index >= 15 is 0 Å². The van der Waals surface area contributed by atoms with Crippen LogP contribution < -0.4 is 10.5 Å². The third-order valence-electron chi connectivity index (χ3n) is 2.85. The summed E-state index contributed by atoms with van der Waals surface area (Å²) in [5, 5.41) is 17.8. The highest BCUT2D eigenvalue weighted by Gasteiger charge is 2.15. The number of nitrogens with zero attached hydrogens (tertiary/aromatic N) is 1. The molecule has 0 aromatic heterocycles. The molecule has 0 saturated heterocycles. The highest BCUT2D eigenvalue weighted by Crippen LogP contribution is 2.27. The molecule has 0 saturated carbocycles. The predicted octanol–water partition coefficient (Wildman–Crippen LogP) is 2.56. The lowest BCUT2D eigenvalue weighted by atomic mass is 10.1. The molecule has 21 heavy (non-hydrogen) atoms. The molecule has 0 heterocycles. The molecule has 0 atom stereocenters. The predicted molar refractivity (Wildman–Crippen MR) is 73.3 cm³/mol. The highest BCUT2D eigenvalue weighted by molar-refractivity contribution is 5.93. The Morgan fingerprint density at radius 3 is 2.71 bits per heavy atom. The smallest absolute Gasteiger partial charge is 0.339 e. The summed E-state index contributed by atoms with van der Waals surface area (Å²) in [6, 6.07) is 10.4. The van der Waals surface area contributed by atoms with E-state index in [0.29, 0.717) is 0 Å². The number of rotatable bonds is 4. The topological polar surface area (TPSA) is 96.3 Å². The average Bonchev–Trinajstić information content (AvgIpc) is 2.47. The second-order valence-electron chi connectivity index (χ2n) is 4.21. The van der Waals surface area contributed by atoms with Crippen molar-refractivity contribution in [1.82, 2.24) is 0 Å². The van der Waals surface area contributed by atoms with E-state index in [2.05, 4.69) is 0 Å². The van der Waals surface area contributed by atoms with Crippen LogP contribution in [-0.4, -0.2) is 11.1 Å². The first-order valence-corrected chi connectivity index (χ1v) is 5.96.